The van der Waals surface area contributed by atoms with Gasteiger partial charge in [-0.05, 0) is 30.7 Å². The second-order valence-electron chi connectivity index (χ2n) is 4.06. The van der Waals surface area contributed by atoms with Gasteiger partial charge in [0, 0.05) is 10.2 Å². The van der Waals surface area contributed by atoms with Crippen molar-refractivity contribution < 1.29 is 14.3 Å². The normalized spacial score (nSPS) is 16.8. The van der Waals surface area contributed by atoms with Crippen molar-refractivity contribution in [3.8, 4) is 0 Å². The molecule has 0 saturated carbocycles. The molecule has 5 heteroatoms. The molecule has 1 aromatic rings. The lowest BCUT2D eigenvalue weighted by atomic mass is 10.0. The van der Waals surface area contributed by atoms with Gasteiger partial charge >= 0.3 is 5.97 Å². The Kier molecular flexibility index (Phi) is 3.85. The lowest BCUT2D eigenvalue weighted by Crippen LogP contribution is -2.15. The minimum Gasteiger partial charge on any atom is -0.465 e. The molecule has 0 fully saturated rings. The van der Waals surface area contributed by atoms with Crippen molar-refractivity contribution in [3.05, 3.63) is 51.1 Å². The van der Waals surface area contributed by atoms with E-state index in [1.807, 2.05) is 24.3 Å². The van der Waals surface area contributed by atoms with Crippen molar-refractivity contribution in [2.45, 2.75) is 6.92 Å². The van der Waals surface area contributed by atoms with E-state index in [1.165, 1.54) is 7.11 Å². The number of hydrogen-bond acceptors (Lipinski definition) is 3. The number of esters is 1. The van der Waals surface area contributed by atoms with Crippen LogP contribution in [0.15, 0.2) is 45.6 Å². The van der Waals surface area contributed by atoms with Crippen molar-refractivity contribution in [1.82, 2.24) is 5.32 Å². The Morgan fingerprint density at radius 3 is 2.53 bits per heavy atom. The molecule has 0 aromatic heterocycles. The van der Waals surface area contributed by atoms with Gasteiger partial charge in [0.25, 0.3) is 5.91 Å². The molecule has 2 rings (SSSR count). The van der Waals surface area contributed by atoms with Gasteiger partial charge in [-0.1, -0.05) is 28.1 Å². The van der Waals surface area contributed by atoms with Gasteiger partial charge in [-0.3, -0.25) is 4.79 Å². The number of hydrogen-bond donors (Lipinski definition) is 1. The summed E-state index contributed by atoms with van der Waals surface area (Å²) in [5.41, 5.74) is 1.96. The summed E-state index contributed by atoms with van der Waals surface area (Å²) in [6, 6.07) is 7.45. The van der Waals surface area contributed by atoms with Gasteiger partial charge in [0.15, 0.2) is 0 Å². The van der Waals surface area contributed by atoms with Crippen molar-refractivity contribution >= 4 is 33.9 Å². The molecular formula is C14H12BrNO3. The van der Waals surface area contributed by atoms with E-state index in [4.69, 9.17) is 4.74 Å². The Labute approximate surface area is 119 Å². The Morgan fingerprint density at radius 2 is 1.95 bits per heavy atom. The van der Waals surface area contributed by atoms with Crippen molar-refractivity contribution in [2.24, 2.45) is 0 Å². The Balaban J connectivity index is 2.44. The number of benzene rings is 1. The summed E-state index contributed by atoms with van der Waals surface area (Å²) in [5.74, 6) is -0.806. The lowest BCUT2D eigenvalue weighted by Gasteiger charge is -2.02. The van der Waals surface area contributed by atoms with E-state index < -0.39 is 5.97 Å². The summed E-state index contributed by atoms with van der Waals surface area (Å²) in [7, 11) is 1.29. The van der Waals surface area contributed by atoms with E-state index in [9.17, 15) is 9.59 Å². The third-order valence-electron chi connectivity index (χ3n) is 2.76. The molecule has 1 N–H and O–H groups in total. The number of halogens is 1. The number of rotatable bonds is 2. The number of ether oxygens (including phenoxy) is 1. The van der Waals surface area contributed by atoms with Gasteiger partial charge in [-0.2, -0.15) is 0 Å². The monoisotopic (exact) mass is 321 g/mol. The topological polar surface area (TPSA) is 55.4 Å². The molecule has 0 aliphatic carbocycles. The van der Waals surface area contributed by atoms with Crippen LogP contribution in [-0.4, -0.2) is 19.0 Å². The quantitative estimate of drug-likeness (QED) is 0.672. The average molecular weight is 322 g/mol. The van der Waals surface area contributed by atoms with Crippen LogP contribution >= 0.6 is 15.9 Å². The van der Waals surface area contributed by atoms with E-state index in [-0.39, 0.29) is 11.5 Å². The molecule has 1 aromatic carbocycles. The molecule has 0 radical (unpaired) electrons. The van der Waals surface area contributed by atoms with Crippen LogP contribution in [0.2, 0.25) is 0 Å². The van der Waals surface area contributed by atoms with E-state index in [1.54, 1.807) is 13.0 Å². The van der Waals surface area contributed by atoms with Crippen LogP contribution in [-0.2, 0) is 14.3 Å². The molecule has 0 unspecified atom stereocenters. The van der Waals surface area contributed by atoms with Crippen LogP contribution in [0, 0.1) is 0 Å². The fourth-order valence-electron chi connectivity index (χ4n) is 1.84. The third kappa shape index (κ3) is 2.76. The molecule has 0 atom stereocenters. The largest absolute Gasteiger partial charge is 0.465 e. The zero-order chi connectivity index (χ0) is 14.0. The van der Waals surface area contributed by atoms with Crippen molar-refractivity contribution in [1.29, 1.82) is 0 Å². The zero-order valence-electron chi connectivity index (χ0n) is 10.5. The summed E-state index contributed by atoms with van der Waals surface area (Å²) in [5, 5.41) is 2.63. The highest BCUT2D eigenvalue weighted by molar-refractivity contribution is 9.10. The summed E-state index contributed by atoms with van der Waals surface area (Å²) in [4.78, 5) is 23.6. The number of nitrogens with one attached hydrogen (secondary N) is 1. The Bertz CT molecular complexity index is 600. The van der Waals surface area contributed by atoms with Gasteiger partial charge < -0.3 is 10.1 Å². The first-order valence-electron chi connectivity index (χ1n) is 5.61. The Morgan fingerprint density at radius 1 is 1.32 bits per heavy atom. The third-order valence-corrected chi connectivity index (χ3v) is 3.29. The number of amides is 1. The molecule has 19 heavy (non-hydrogen) atoms. The maximum atomic E-state index is 11.8. The van der Waals surface area contributed by atoms with E-state index in [0.29, 0.717) is 11.3 Å². The van der Waals surface area contributed by atoms with Crippen LogP contribution in [0.3, 0.4) is 0 Å². The second-order valence-corrected chi connectivity index (χ2v) is 4.97. The number of allylic oxidation sites excluding steroid dienone is 1. The van der Waals surface area contributed by atoms with Gasteiger partial charge in [0.05, 0.1) is 18.3 Å². The summed E-state index contributed by atoms with van der Waals surface area (Å²) in [6.07, 6.45) is 1.67. The van der Waals surface area contributed by atoms with Crippen LogP contribution in [0.5, 0.6) is 0 Å². The molecule has 1 amide bonds. The molecular weight excluding hydrogens is 310 g/mol. The van der Waals surface area contributed by atoms with E-state index >= 15 is 0 Å². The predicted octanol–water partition coefficient (Wildman–Crippen LogP) is 2.41. The van der Waals surface area contributed by atoms with E-state index in [0.717, 1.165) is 10.0 Å². The Hall–Kier alpha value is -1.88. The highest BCUT2D eigenvalue weighted by Gasteiger charge is 2.30. The lowest BCUT2D eigenvalue weighted by molar-refractivity contribution is -0.136. The smallest absolute Gasteiger partial charge is 0.340 e. The number of carbonyl (C=O) groups excluding carboxylic acids is 2. The second kappa shape index (κ2) is 5.40. The van der Waals surface area contributed by atoms with Gasteiger partial charge in [-0.25, -0.2) is 4.79 Å². The van der Waals surface area contributed by atoms with Crippen LogP contribution in [0.25, 0.3) is 6.08 Å². The number of methoxy groups -OCH3 is 1. The standard InChI is InChI=1S/C14H12BrNO3/c1-8-12(14(18)19-2)11(13(17)16-8)7-9-3-5-10(15)6-4-9/h3-7H,1-2H3,(H,16,17)/b11-7-. The van der Waals surface area contributed by atoms with Crippen LogP contribution in [0.1, 0.15) is 12.5 Å². The van der Waals surface area contributed by atoms with Crippen LogP contribution < -0.4 is 5.32 Å². The average Bonchev–Trinajstić information content (AvgIpc) is 2.66. The molecule has 4 nitrogen and oxygen atoms in total. The minimum atomic E-state index is -0.515. The maximum absolute atomic E-state index is 11.8. The molecule has 1 aliphatic rings. The van der Waals surface area contributed by atoms with Gasteiger partial charge in [0.2, 0.25) is 0 Å². The SMILES string of the molecule is COC(=O)C1=C(C)NC(=O)/C1=C\c1ccc(Br)cc1. The van der Waals surface area contributed by atoms with Gasteiger partial charge in [0.1, 0.15) is 0 Å². The molecule has 1 aliphatic heterocycles. The first-order valence-corrected chi connectivity index (χ1v) is 6.40. The van der Waals surface area contributed by atoms with Crippen molar-refractivity contribution in [3.63, 3.8) is 0 Å². The highest BCUT2D eigenvalue weighted by Crippen LogP contribution is 2.25. The minimum absolute atomic E-state index is 0.287. The first kappa shape index (κ1) is 13.5. The first-order chi connectivity index (χ1) is 9.02. The van der Waals surface area contributed by atoms with Crippen molar-refractivity contribution in [2.75, 3.05) is 7.11 Å². The summed E-state index contributed by atoms with van der Waals surface area (Å²) >= 11 is 3.34. The fraction of sp³-hybridized carbons (Fsp3) is 0.143. The predicted molar refractivity (Wildman–Crippen MR) is 75.0 cm³/mol. The molecule has 0 saturated heterocycles. The highest BCUT2D eigenvalue weighted by atomic mass is 79.9. The van der Waals surface area contributed by atoms with E-state index in [2.05, 4.69) is 21.2 Å². The summed E-state index contributed by atoms with van der Waals surface area (Å²) < 4.78 is 5.65. The molecule has 0 spiro atoms. The molecule has 98 valence electrons. The molecule has 1 heterocycles. The number of carbonyl (C=O) groups is 2. The molecule has 0 bridgehead atoms. The summed E-state index contributed by atoms with van der Waals surface area (Å²) in [6.45, 7) is 1.67. The van der Waals surface area contributed by atoms with Crippen LogP contribution in [0.4, 0.5) is 0 Å². The fourth-order valence-corrected chi connectivity index (χ4v) is 2.11. The zero-order valence-corrected chi connectivity index (χ0v) is 12.1. The maximum Gasteiger partial charge on any atom is 0.340 e. The van der Waals surface area contributed by atoms with Gasteiger partial charge in [-0.15, -0.1) is 0 Å².